The fraction of sp³-hybridized carbons (Fsp3) is 0.444. The van der Waals surface area contributed by atoms with Crippen molar-refractivity contribution in [3.8, 4) is 0 Å². The van der Waals surface area contributed by atoms with Crippen molar-refractivity contribution in [2.75, 3.05) is 51.4 Å². The van der Waals surface area contributed by atoms with E-state index in [0.29, 0.717) is 67.3 Å². The van der Waals surface area contributed by atoms with Crippen molar-refractivity contribution < 1.29 is 29.0 Å². The van der Waals surface area contributed by atoms with E-state index in [1.54, 1.807) is 36.4 Å². The summed E-state index contributed by atoms with van der Waals surface area (Å²) in [5, 5.41) is 15.2. The highest BCUT2D eigenvalue weighted by atomic mass is 16.5. The first-order chi connectivity index (χ1) is 17.5. The second-order valence-electron chi connectivity index (χ2n) is 8.63. The summed E-state index contributed by atoms with van der Waals surface area (Å²) >= 11 is 0. The molecule has 2 aromatic rings. The van der Waals surface area contributed by atoms with E-state index in [2.05, 4.69) is 10.6 Å². The first-order valence-electron chi connectivity index (χ1n) is 12.4. The Kier molecular flexibility index (Phi) is 11.0. The molecule has 0 bridgehead atoms. The molecule has 1 unspecified atom stereocenters. The summed E-state index contributed by atoms with van der Waals surface area (Å²) in [4.78, 5) is 36.5. The van der Waals surface area contributed by atoms with E-state index in [4.69, 9.17) is 20.3 Å². The molecule has 0 saturated carbocycles. The van der Waals surface area contributed by atoms with Crippen LogP contribution >= 0.6 is 0 Å². The first kappa shape index (κ1) is 27.5. The average molecular weight is 498 g/mol. The number of nitrogens with one attached hydrogen (secondary N) is 2. The second-order valence-corrected chi connectivity index (χ2v) is 8.63. The molecule has 0 radical (unpaired) electrons. The van der Waals surface area contributed by atoms with E-state index < -0.39 is 12.0 Å². The number of carboxylic acid groups (broad SMARTS) is 1. The van der Waals surface area contributed by atoms with Gasteiger partial charge in [-0.2, -0.15) is 0 Å². The minimum absolute atomic E-state index is 0.122. The Morgan fingerprint density at radius 1 is 0.806 bits per heavy atom. The number of carbonyl (C=O) groups is 3. The van der Waals surface area contributed by atoms with Crippen LogP contribution in [-0.2, 0) is 14.3 Å². The van der Waals surface area contributed by atoms with Crippen LogP contribution < -0.4 is 16.4 Å². The lowest BCUT2D eigenvalue weighted by molar-refractivity contribution is -0.138. The third-order valence-electron chi connectivity index (χ3n) is 5.96. The quantitative estimate of drug-likeness (QED) is 0.207. The van der Waals surface area contributed by atoms with Crippen molar-refractivity contribution in [3.05, 3.63) is 64.7 Å². The van der Waals surface area contributed by atoms with Crippen LogP contribution in [0, 0.1) is 0 Å². The van der Waals surface area contributed by atoms with Crippen molar-refractivity contribution >= 4 is 23.2 Å². The molecular formula is C27H35N3O6. The van der Waals surface area contributed by atoms with Crippen LogP contribution in [-0.4, -0.2) is 74.7 Å². The topological polar surface area (TPSA) is 140 Å². The van der Waals surface area contributed by atoms with Crippen molar-refractivity contribution in [1.82, 2.24) is 5.32 Å². The molecule has 36 heavy (non-hydrogen) atoms. The van der Waals surface area contributed by atoms with E-state index in [-0.39, 0.29) is 11.6 Å². The van der Waals surface area contributed by atoms with Crippen LogP contribution in [0.15, 0.2) is 42.5 Å². The van der Waals surface area contributed by atoms with Gasteiger partial charge in [0.2, 0.25) is 0 Å². The third kappa shape index (κ3) is 7.69. The van der Waals surface area contributed by atoms with Crippen molar-refractivity contribution in [1.29, 1.82) is 0 Å². The number of carbonyl (C=O) groups excluding carboxylic acids is 2. The number of anilines is 1. The maximum absolute atomic E-state index is 13.0. The number of ketones is 2. The maximum Gasteiger partial charge on any atom is 0.320 e. The van der Waals surface area contributed by atoms with Gasteiger partial charge in [0.05, 0.1) is 25.4 Å². The van der Waals surface area contributed by atoms with E-state index in [9.17, 15) is 14.4 Å². The molecule has 0 spiro atoms. The van der Waals surface area contributed by atoms with Crippen molar-refractivity contribution in [2.24, 2.45) is 5.73 Å². The van der Waals surface area contributed by atoms with Gasteiger partial charge in [0, 0.05) is 42.1 Å². The molecule has 0 amide bonds. The molecule has 5 N–H and O–H groups in total. The molecule has 3 rings (SSSR count). The average Bonchev–Trinajstić information content (AvgIpc) is 2.89. The zero-order chi connectivity index (χ0) is 25.8. The van der Waals surface area contributed by atoms with Crippen LogP contribution in [0.2, 0.25) is 0 Å². The fourth-order valence-electron chi connectivity index (χ4n) is 4.02. The van der Waals surface area contributed by atoms with Gasteiger partial charge < -0.3 is 30.9 Å². The molecular weight excluding hydrogens is 462 g/mol. The summed E-state index contributed by atoms with van der Waals surface area (Å²) in [5.41, 5.74) is 7.91. The lowest BCUT2D eigenvalue weighted by Gasteiger charge is -2.20. The first-order valence-corrected chi connectivity index (χ1v) is 12.4. The van der Waals surface area contributed by atoms with Gasteiger partial charge in [0.1, 0.15) is 6.04 Å². The lowest BCUT2D eigenvalue weighted by atomic mass is 9.83. The highest BCUT2D eigenvalue weighted by Gasteiger charge is 2.31. The predicted octanol–water partition coefficient (Wildman–Crippen LogP) is 2.47. The summed E-state index contributed by atoms with van der Waals surface area (Å²) in [6.45, 7) is 4.27. The highest BCUT2D eigenvalue weighted by Crippen LogP contribution is 2.31. The van der Waals surface area contributed by atoms with Gasteiger partial charge in [-0.3, -0.25) is 14.4 Å². The number of aliphatic carboxylic acids is 1. The molecule has 0 heterocycles. The number of ether oxygens (including phenoxy) is 2. The second kappa shape index (κ2) is 14.4. The largest absolute Gasteiger partial charge is 0.480 e. The number of hydrogen-bond acceptors (Lipinski definition) is 8. The van der Waals surface area contributed by atoms with Gasteiger partial charge in [0.15, 0.2) is 11.6 Å². The summed E-state index contributed by atoms with van der Waals surface area (Å²) in [7, 11) is 0. The summed E-state index contributed by atoms with van der Waals surface area (Å²) in [6.07, 6.45) is 2.89. The van der Waals surface area contributed by atoms with Gasteiger partial charge in [-0.25, -0.2) is 0 Å². The van der Waals surface area contributed by atoms with Gasteiger partial charge in [-0.05, 0) is 31.9 Å². The van der Waals surface area contributed by atoms with Gasteiger partial charge in [0.25, 0.3) is 0 Å². The monoisotopic (exact) mass is 497 g/mol. The van der Waals surface area contributed by atoms with Crippen LogP contribution in [0.1, 0.15) is 57.5 Å². The van der Waals surface area contributed by atoms with Gasteiger partial charge >= 0.3 is 5.97 Å². The van der Waals surface area contributed by atoms with Gasteiger partial charge in [-0.1, -0.05) is 42.8 Å². The molecule has 1 aliphatic carbocycles. The fourth-order valence-corrected chi connectivity index (χ4v) is 4.02. The van der Waals surface area contributed by atoms with Crippen molar-refractivity contribution in [2.45, 2.75) is 31.7 Å². The Balaban J connectivity index is 1.23. The zero-order valence-electron chi connectivity index (χ0n) is 20.5. The summed E-state index contributed by atoms with van der Waals surface area (Å²) in [6, 6.07) is 11.5. The normalized spacial score (nSPS) is 13.2. The van der Waals surface area contributed by atoms with Crippen LogP contribution in [0.3, 0.4) is 0 Å². The smallest absolute Gasteiger partial charge is 0.320 e. The molecule has 1 atom stereocenters. The Morgan fingerprint density at radius 2 is 1.50 bits per heavy atom. The molecule has 194 valence electrons. The van der Waals surface area contributed by atoms with Crippen LogP contribution in [0.4, 0.5) is 5.69 Å². The molecule has 0 saturated heterocycles. The molecule has 1 aliphatic rings. The molecule has 0 aliphatic heterocycles. The number of hydrogen-bond donors (Lipinski definition) is 4. The SMILES string of the molecule is NC(CCCCNCCOCCOCCCNc1cccc2c1C(=O)c1ccccc1C2=O)C(=O)O. The molecule has 0 fully saturated rings. The van der Waals surface area contributed by atoms with E-state index in [1.165, 1.54) is 0 Å². The Bertz CT molecular complexity index is 1040. The lowest BCUT2D eigenvalue weighted by Crippen LogP contribution is -2.30. The predicted molar refractivity (Wildman–Crippen MR) is 137 cm³/mol. The zero-order valence-corrected chi connectivity index (χ0v) is 20.5. The number of unbranched alkanes of at least 4 members (excludes halogenated alkanes) is 1. The Labute approximate surface area is 211 Å². The molecule has 9 nitrogen and oxygen atoms in total. The molecule has 0 aromatic heterocycles. The number of fused-ring (bicyclic) bond motifs is 2. The minimum atomic E-state index is -0.953. The molecule has 9 heteroatoms. The Hall–Kier alpha value is -3.11. The Morgan fingerprint density at radius 3 is 2.25 bits per heavy atom. The number of rotatable bonds is 17. The highest BCUT2D eigenvalue weighted by molar-refractivity contribution is 6.30. The summed E-state index contributed by atoms with van der Waals surface area (Å²) < 4.78 is 11.1. The standard InChI is InChI=1S/C27H35N3O6/c28-22(27(33)34)10-3-4-12-29-14-16-36-18-17-35-15-6-13-30-23-11-5-9-21-24(23)26(32)20-8-2-1-7-19(20)25(21)31/h1-2,5,7-9,11,22,29-30H,3-4,6,10,12-18,28H2,(H,33,34). The van der Waals surface area contributed by atoms with E-state index in [0.717, 1.165) is 32.4 Å². The van der Waals surface area contributed by atoms with Crippen LogP contribution in [0.5, 0.6) is 0 Å². The summed E-state index contributed by atoms with van der Waals surface area (Å²) in [5.74, 6) is -1.21. The number of nitrogens with two attached hydrogens (primary N) is 1. The number of carboxylic acids is 1. The van der Waals surface area contributed by atoms with E-state index in [1.807, 2.05) is 6.07 Å². The van der Waals surface area contributed by atoms with E-state index >= 15 is 0 Å². The third-order valence-corrected chi connectivity index (χ3v) is 5.96. The van der Waals surface area contributed by atoms with Gasteiger partial charge in [-0.15, -0.1) is 0 Å². The van der Waals surface area contributed by atoms with Crippen molar-refractivity contribution in [3.63, 3.8) is 0 Å². The van der Waals surface area contributed by atoms with Crippen LogP contribution in [0.25, 0.3) is 0 Å². The maximum atomic E-state index is 13.0. The minimum Gasteiger partial charge on any atom is -0.480 e. The number of benzene rings is 2. The molecule has 2 aromatic carbocycles.